The molecule has 1 heterocycles. The normalized spacial score (nSPS) is 12.3. The quantitative estimate of drug-likeness (QED) is 0.811. The van der Waals surface area contributed by atoms with Crippen molar-refractivity contribution in [3.63, 3.8) is 0 Å². The van der Waals surface area contributed by atoms with Gasteiger partial charge in [0.05, 0.1) is 18.2 Å². The Kier molecular flexibility index (Phi) is 5.95. The molecule has 0 amide bonds. The summed E-state index contributed by atoms with van der Waals surface area (Å²) >= 11 is 1.48. The molecule has 0 fully saturated rings. The molecule has 0 aliphatic rings. The number of nitrogens with zero attached hydrogens (tertiary/aromatic N) is 2. The van der Waals surface area contributed by atoms with Crippen molar-refractivity contribution < 1.29 is 4.74 Å². The minimum absolute atomic E-state index is 0.344. The Labute approximate surface area is 124 Å². The van der Waals surface area contributed by atoms with Gasteiger partial charge < -0.3 is 10.1 Å². The number of rotatable bonds is 8. The third kappa shape index (κ3) is 4.28. The highest BCUT2D eigenvalue weighted by atomic mass is 32.1. The zero-order valence-electron chi connectivity index (χ0n) is 12.0. The molecule has 4 nitrogen and oxygen atoms in total. The zero-order chi connectivity index (χ0) is 14.2. The van der Waals surface area contributed by atoms with Crippen molar-refractivity contribution in [2.75, 3.05) is 13.7 Å². The highest BCUT2D eigenvalue weighted by Crippen LogP contribution is 2.22. The summed E-state index contributed by atoms with van der Waals surface area (Å²) in [5, 5.41) is 7.51. The lowest BCUT2D eigenvalue weighted by molar-refractivity contribution is 0.414. The number of benzene rings is 1. The summed E-state index contributed by atoms with van der Waals surface area (Å²) in [7, 11) is 1.69. The van der Waals surface area contributed by atoms with E-state index in [2.05, 4.69) is 34.0 Å². The largest absolute Gasteiger partial charge is 0.497 e. The van der Waals surface area contributed by atoms with E-state index in [0.29, 0.717) is 6.04 Å². The monoisotopic (exact) mass is 291 g/mol. The first-order valence-corrected chi connectivity index (χ1v) is 7.74. The molecular formula is C15H21N3OS. The standard InChI is InChI=1S/C15H21N3OS/c1-3-10-16-14(15-11-17-18-20-15)9-6-12-4-7-13(19-2)8-5-12/h4-5,7-8,11,14,16H,3,6,9-10H2,1-2H3. The molecule has 0 spiro atoms. The predicted molar refractivity (Wildman–Crippen MR) is 82.3 cm³/mol. The van der Waals surface area contributed by atoms with Crippen LogP contribution in [0.2, 0.25) is 0 Å². The first-order valence-electron chi connectivity index (χ1n) is 6.97. The third-order valence-corrected chi connectivity index (χ3v) is 4.02. The Balaban J connectivity index is 1.93. The molecule has 1 aromatic heterocycles. The molecule has 1 atom stereocenters. The van der Waals surface area contributed by atoms with Gasteiger partial charge in [-0.05, 0) is 55.0 Å². The van der Waals surface area contributed by atoms with E-state index in [-0.39, 0.29) is 0 Å². The fraction of sp³-hybridized carbons (Fsp3) is 0.467. The van der Waals surface area contributed by atoms with Crippen LogP contribution in [0.15, 0.2) is 30.5 Å². The molecule has 1 unspecified atom stereocenters. The van der Waals surface area contributed by atoms with Crippen LogP contribution in [0, 0.1) is 0 Å². The molecule has 0 bridgehead atoms. The second-order valence-electron chi connectivity index (χ2n) is 4.71. The smallest absolute Gasteiger partial charge is 0.118 e. The van der Waals surface area contributed by atoms with Crippen molar-refractivity contribution in [1.82, 2.24) is 14.9 Å². The summed E-state index contributed by atoms with van der Waals surface area (Å²) in [4.78, 5) is 1.21. The molecule has 2 rings (SSSR count). The van der Waals surface area contributed by atoms with Crippen LogP contribution in [0.1, 0.15) is 36.2 Å². The van der Waals surface area contributed by atoms with Crippen molar-refractivity contribution >= 4 is 11.5 Å². The zero-order valence-corrected chi connectivity index (χ0v) is 12.8. The van der Waals surface area contributed by atoms with Gasteiger partial charge in [-0.3, -0.25) is 0 Å². The van der Waals surface area contributed by atoms with Crippen LogP contribution >= 0.6 is 11.5 Å². The van der Waals surface area contributed by atoms with E-state index in [0.717, 1.165) is 31.6 Å². The molecule has 0 saturated heterocycles. The maximum absolute atomic E-state index is 5.18. The van der Waals surface area contributed by atoms with E-state index >= 15 is 0 Å². The highest BCUT2D eigenvalue weighted by Gasteiger charge is 2.13. The van der Waals surface area contributed by atoms with Crippen LogP contribution in [0.5, 0.6) is 5.75 Å². The van der Waals surface area contributed by atoms with Crippen LogP contribution in [-0.4, -0.2) is 23.2 Å². The fourth-order valence-electron chi connectivity index (χ4n) is 2.10. The minimum atomic E-state index is 0.344. The molecule has 5 heteroatoms. The Morgan fingerprint density at radius 3 is 2.70 bits per heavy atom. The summed E-state index contributed by atoms with van der Waals surface area (Å²) in [6.45, 7) is 3.20. The van der Waals surface area contributed by atoms with Crippen molar-refractivity contribution in [3.05, 3.63) is 40.9 Å². The summed E-state index contributed by atoms with van der Waals surface area (Å²) in [5.41, 5.74) is 1.33. The molecule has 0 radical (unpaired) electrons. The first-order chi connectivity index (χ1) is 9.83. The molecule has 2 aromatic rings. The van der Waals surface area contributed by atoms with E-state index in [4.69, 9.17) is 4.74 Å². The number of aryl methyl sites for hydroxylation is 1. The van der Waals surface area contributed by atoms with E-state index in [1.54, 1.807) is 7.11 Å². The Bertz CT molecular complexity index is 484. The summed E-state index contributed by atoms with van der Waals surface area (Å²) in [6.07, 6.45) is 5.08. The van der Waals surface area contributed by atoms with Crippen LogP contribution in [-0.2, 0) is 6.42 Å². The first kappa shape index (κ1) is 14.9. The van der Waals surface area contributed by atoms with E-state index < -0.39 is 0 Å². The van der Waals surface area contributed by atoms with Gasteiger partial charge >= 0.3 is 0 Å². The predicted octanol–water partition coefficient (Wildman–Crippen LogP) is 3.22. The number of methoxy groups -OCH3 is 1. The molecule has 20 heavy (non-hydrogen) atoms. The van der Waals surface area contributed by atoms with Gasteiger partial charge in [-0.15, -0.1) is 5.10 Å². The van der Waals surface area contributed by atoms with Gasteiger partial charge in [0.1, 0.15) is 5.75 Å². The molecular weight excluding hydrogens is 270 g/mol. The molecule has 0 aliphatic carbocycles. The molecule has 1 N–H and O–H groups in total. The third-order valence-electron chi connectivity index (χ3n) is 3.24. The summed E-state index contributed by atoms with van der Waals surface area (Å²) in [6, 6.07) is 8.62. The number of aromatic nitrogens is 2. The second-order valence-corrected chi connectivity index (χ2v) is 5.53. The topological polar surface area (TPSA) is 47.0 Å². The van der Waals surface area contributed by atoms with Crippen molar-refractivity contribution in [1.29, 1.82) is 0 Å². The highest BCUT2D eigenvalue weighted by molar-refractivity contribution is 7.05. The molecule has 1 aromatic carbocycles. The van der Waals surface area contributed by atoms with Crippen molar-refractivity contribution in [3.8, 4) is 5.75 Å². The van der Waals surface area contributed by atoms with Crippen molar-refractivity contribution in [2.24, 2.45) is 0 Å². The number of hydrogen-bond acceptors (Lipinski definition) is 5. The van der Waals surface area contributed by atoms with Gasteiger partial charge in [0.15, 0.2) is 0 Å². The Morgan fingerprint density at radius 1 is 1.30 bits per heavy atom. The van der Waals surface area contributed by atoms with E-state index in [1.807, 2.05) is 18.3 Å². The van der Waals surface area contributed by atoms with Crippen LogP contribution < -0.4 is 10.1 Å². The van der Waals surface area contributed by atoms with Gasteiger partial charge in [0, 0.05) is 6.04 Å². The van der Waals surface area contributed by atoms with Gasteiger partial charge in [-0.25, -0.2) is 0 Å². The van der Waals surface area contributed by atoms with Gasteiger partial charge in [-0.1, -0.05) is 23.5 Å². The lowest BCUT2D eigenvalue weighted by Gasteiger charge is -2.16. The second kappa shape index (κ2) is 7.97. The van der Waals surface area contributed by atoms with Crippen LogP contribution in [0.25, 0.3) is 0 Å². The van der Waals surface area contributed by atoms with Crippen LogP contribution in [0.4, 0.5) is 0 Å². The average molecular weight is 291 g/mol. The Hall–Kier alpha value is -1.46. The summed E-state index contributed by atoms with van der Waals surface area (Å²) in [5.74, 6) is 0.904. The SMILES string of the molecule is CCCNC(CCc1ccc(OC)cc1)c1cnns1. The molecule has 0 aliphatic heterocycles. The van der Waals surface area contributed by atoms with E-state index in [9.17, 15) is 0 Å². The fourth-order valence-corrected chi connectivity index (χ4v) is 2.71. The minimum Gasteiger partial charge on any atom is -0.497 e. The van der Waals surface area contributed by atoms with Gasteiger partial charge in [0.25, 0.3) is 0 Å². The lowest BCUT2D eigenvalue weighted by atomic mass is 10.0. The summed E-state index contributed by atoms with van der Waals surface area (Å²) < 4.78 is 9.14. The van der Waals surface area contributed by atoms with Crippen molar-refractivity contribution in [2.45, 2.75) is 32.2 Å². The maximum Gasteiger partial charge on any atom is 0.118 e. The van der Waals surface area contributed by atoms with Gasteiger partial charge in [-0.2, -0.15) is 0 Å². The molecule has 0 saturated carbocycles. The van der Waals surface area contributed by atoms with Crippen LogP contribution in [0.3, 0.4) is 0 Å². The number of nitrogens with one attached hydrogen (secondary N) is 1. The maximum atomic E-state index is 5.18. The lowest BCUT2D eigenvalue weighted by Crippen LogP contribution is -2.21. The average Bonchev–Trinajstić information content (AvgIpc) is 3.02. The van der Waals surface area contributed by atoms with E-state index in [1.165, 1.54) is 22.0 Å². The molecule has 108 valence electrons. The Morgan fingerprint density at radius 2 is 2.10 bits per heavy atom. The number of hydrogen-bond donors (Lipinski definition) is 1. The number of ether oxygens (including phenoxy) is 1. The van der Waals surface area contributed by atoms with Gasteiger partial charge in [0.2, 0.25) is 0 Å².